The van der Waals surface area contributed by atoms with Crippen molar-refractivity contribution in [3.8, 4) is 5.75 Å². The summed E-state index contributed by atoms with van der Waals surface area (Å²) < 4.78 is 13.4. The first-order valence-corrected chi connectivity index (χ1v) is 5.92. The van der Waals surface area contributed by atoms with Gasteiger partial charge in [0.25, 0.3) is 5.91 Å². The third-order valence-corrected chi connectivity index (χ3v) is 3.15. The summed E-state index contributed by atoms with van der Waals surface area (Å²) in [4.78, 5) is 11.9. The molecule has 0 saturated carbocycles. The van der Waals surface area contributed by atoms with Crippen LogP contribution in [0.25, 0.3) is 0 Å². The smallest absolute Gasteiger partial charge is 0.257 e. The van der Waals surface area contributed by atoms with Crippen LogP contribution in [0.15, 0.2) is 46.9 Å². The molecule has 2 rings (SSSR count). The number of rotatable bonds is 2. The third kappa shape index (κ3) is 2.51. The Morgan fingerprint density at radius 3 is 2.61 bits per heavy atom. The number of anilines is 1. The zero-order valence-electron chi connectivity index (χ0n) is 9.15. The van der Waals surface area contributed by atoms with E-state index in [1.165, 1.54) is 24.3 Å². The van der Waals surface area contributed by atoms with Crippen LogP contribution in [0, 0.1) is 5.82 Å². The zero-order valence-corrected chi connectivity index (χ0v) is 10.7. The predicted octanol–water partition coefficient (Wildman–Crippen LogP) is 3.55. The van der Waals surface area contributed by atoms with Gasteiger partial charge in [-0.1, -0.05) is 18.2 Å². The number of phenolic OH excluding ortho intramolecular Hbond substituents is 1. The highest BCUT2D eigenvalue weighted by atomic mass is 79.9. The maximum Gasteiger partial charge on any atom is 0.257 e. The Labute approximate surface area is 111 Å². The molecule has 0 atom stereocenters. The van der Waals surface area contributed by atoms with E-state index in [0.29, 0.717) is 0 Å². The second-order valence-electron chi connectivity index (χ2n) is 3.57. The van der Waals surface area contributed by atoms with Crippen LogP contribution in [0.1, 0.15) is 10.4 Å². The molecule has 0 unspecified atom stereocenters. The molecule has 5 heteroatoms. The number of halogens is 2. The average molecular weight is 310 g/mol. The lowest BCUT2D eigenvalue weighted by molar-refractivity contribution is 0.102. The first kappa shape index (κ1) is 12.6. The lowest BCUT2D eigenvalue weighted by Crippen LogP contribution is -2.13. The lowest BCUT2D eigenvalue weighted by Gasteiger charge is -2.08. The molecule has 3 nitrogen and oxygen atoms in total. The van der Waals surface area contributed by atoms with Crippen LogP contribution >= 0.6 is 15.9 Å². The molecule has 0 aliphatic rings. The Hall–Kier alpha value is -1.88. The normalized spacial score (nSPS) is 10.1. The molecule has 2 aromatic rings. The number of hydrogen-bond donors (Lipinski definition) is 2. The maximum absolute atomic E-state index is 13.3. The number of aromatic hydroxyl groups is 1. The van der Waals surface area contributed by atoms with Crippen molar-refractivity contribution in [2.24, 2.45) is 0 Å². The van der Waals surface area contributed by atoms with E-state index >= 15 is 0 Å². The Kier molecular flexibility index (Phi) is 3.62. The summed E-state index contributed by atoms with van der Waals surface area (Å²) in [5.74, 6) is -1.05. The van der Waals surface area contributed by atoms with Crippen LogP contribution < -0.4 is 5.32 Å². The summed E-state index contributed by atoms with van der Waals surface area (Å²) in [6.45, 7) is 0. The fraction of sp³-hybridized carbons (Fsp3) is 0. The van der Waals surface area contributed by atoms with E-state index in [1.54, 1.807) is 18.2 Å². The highest BCUT2D eigenvalue weighted by Crippen LogP contribution is 2.25. The van der Waals surface area contributed by atoms with E-state index < -0.39 is 11.7 Å². The van der Waals surface area contributed by atoms with Crippen LogP contribution in [0.3, 0.4) is 0 Å². The Bertz CT molecular complexity index is 601. The van der Waals surface area contributed by atoms with Crippen molar-refractivity contribution in [2.45, 2.75) is 0 Å². The molecule has 0 aliphatic carbocycles. The van der Waals surface area contributed by atoms with Gasteiger partial charge in [0.15, 0.2) is 0 Å². The zero-order chi connectivity index (χ0) is 13.1. The molecule has 0 heterocycles. The Morgan fingerprint density at radius 1 is 1.17 bits per heavy atom. The van der Waals surface area contributed by atoms with E-state index in [2.05, 4.69) is 21.2 Å². The van der Waals surface area contributed by atoms with Crippen molar-refractivity contribution in [1.29, 1.82) is 0 Å². The van der Waals surface area contributed by atoms with Crippen LogP contribution in [-0.4, -0.2) is 11.0 Å². The molecule has 2 N–H and O–H groups in total. The fourth-order valence-electron chi connectivity index (χ4n) is 1.45. The van der Waals surface area contributed by atoms with Gasteiger partial charge < -0.3 is 10.4 Å². The van der Waals surface area contributed by atoms with Gasteiger partial charge in [-0.15, -0.1) is 0 Å². The highest BCUT2D eigenvalue weighted by Gasteiger charge is 2.14. The number of hydrogen-bond acceptors (Lipinski definition) is 2. The molecular formula is C13H9BrFNO2. The summed E-state index contributed by atoms with van der Waals surface area (Å²) in [7, 11) is 0. The van der Waals surface area contributed by atoms with Gasteiger partial charge in [-0.3, -0.25) is 4.79 Å². The van der Waals surface area contributed by atoms with Crippen LogP contribution in [-0.2, 0) is 0 Å². The van der Waals surface area contributed by atoms with E-state index in [0.717, 1.165) is 0 Å². The number of benzene rings is 2. The minimum Gasteiger partial charge on any atom is -0.506 e. The van der Waals surface area contributed by atoms with Crippen molar-refractivity contribution in [1.82, 2.24) is 0 Å². The average Bonchev–Trinajstić information content (AvgIpc) is 2.35. The van der Waals surface area contributed by atoms with Crippen molar-refractivity contribution in [2.75, 3.05) is 5.32 Å². The first-order chi connectivity index (χ1) is 8.59. The van der Waals surface area contributed by atoms with Crippen LogP contribution in [0.2, 0.25) is 0 Å². The summed E-state index contributed by atoms with van der Waals surface area (Å²) in [6, 6.07) is 10.5. The summed E-state index contributed by atoms with van der Waals surface area (Å²) >= 11 is 3.01. The standard InChI is InChI=1S/C13H9BrFNO2/c14-12-8(4-3-5-9(12)15)13(18)16-10-6-1-2-7-11(10)17/h1-7,17H,(H,16,18). The molecule has 0 spiro atoms. The van der Waals surface area contributed by atoms with Crippen LogP contribution in [0.5, 0.6) is 5.75 Å². The number of nitrogens with one attached hydrogen (secondary N) is 1. The van der Waals surface area contributed by atoms with E-state index in [-0.39, 0.29) is 21.5 Å². The number of carbonyl (C=O) groups is 1. The second kappa shape index (κ2) is 5.18. The van der Waals surface area contributed by atoms with Gasteiger partial charge in [0.05, 0.1) is 15.7 Å². The molecule has 92 valence electrons. The van der Waals surface area contributed by atoms with E-state index in [1.807, 2.05) is 0 Å². The largest absolute Gasteiger partial charge is 0.506 e. The molecule has 18 heavy (non-hydrogen) atoms. The summed E-state index contributed by atoms with van der Waals surface area (Å²) in [6.07, 6.45) is 0. The molecular weight excluding hydrogens is 301 g/mol. The topological polar surface area (TPSA) is 49.3 Å². The lowest BCUT2D eigenvalue weighted by atomic mass is 10.2. The molecule has 2 aromatic carbocycles. The van der Waals surface area contributed by atoms with E-state index in [4.69, 9.17) is 0 Å². The van der Waals surface area contributed by atoms with Crippen molar-refractivity contribution < 1.29 is 14.3 Å². The SMILES string of the molecule is O=C(Nc1ccccc1O)c1cccc(F)c1Br. The second-order valence-corrected chi connectivity index (χ2v) is 4.37. The van der Waals surface area contributed by atoms with Gasteiger partial charge in [-0.25, -0.2) is 4.39 Å². The van der Waals surface area contributed by atoms with Crippen LogP contribution in [0.4, 0.5) is 10.1 Å². The van der Waals surface area contributed by atoms with Crippen molar-refractivity contribution in [3.63, 3.8) is 0 Å². The van der Waals surface area contributed by atoms with Gasteiger partial charge in [0, 0.05) is 0 Å². The molecule has 0 aromatic heterocycles. The Balaban J connectivity index is 2.28. The van der Waals surface area contributed by atoms with Gasteiger partial charge in [0.1, 0.15) is 11.6 Å². The van der Waals surface area contributed by atoms with Crippen molar-refractivity contribution >= 4 is 27.5 Å². The van der Waals surface area contributed by atoms with Crippen molar-refractivity contribution in [3.05, 3.63) is 58.3 Å². The van der Waals surface area contributed by atoms with Gasteiger partial charge in [-0.05, 0) is 40.2 Å². The molecule has 0 aliphatic heterocycles. The van der Waals surface area contributed by atoms with Gasteiger partial charge >= 0.3 is 0 Å². The monoisotopic (exact) mass is 309 g/mol. The summed E-state index contributed by atoms with van der Waals surface area (Å²) in [5, 5.41) is 12.0. The number of carbonyl (C=O) groups excluding carboxylic acids is 1. The van der Waals surface area contributed by atoms with Gasteiger partial charge in [0.2, 0.25) is 0 Å². The molecule has 0 saturated heterocycles. The number of para-hydroxylation sites is 2. The molecule has 1 amide bonds. The minimum absolute atomic E-state index is 0.0432. The first-order valence-electron chi connectivity index (χ1n) is 5.13. The molecule has 0 bridgehead atoms. The number of phenols is 1. The highest BCUT2D eigenvalue weighted by molar-refractivity contribution is 9.10. The fourth-order valence-corrected chi connectivity index (χ4v) is 1.89. The molecule has 0 radical (unpaired) electrons. The quantitative estimate of drug-likeness (QED) is 0.834. The number of amides is 1. The summed E-state index contributed by atoms with van der Waals surface area (Å²) in [5.41, 5.74) is 0.442. The maximum atomic E-state index is 13.3. The predicted molar refractivity (Wildman–Crippen MR) is 70.2 cm³/mol. The molecule has 0 fully saturated rings. The van der Waals surface area contributed by atoms with Gasteiger partial charge in [-0.2, -0.15) is 0 Å². The minimum atomic E-state index is -0.514. The third-order valence-electron chi connectivity index (χ3n) is 2.35. The van der Waals surface area contributed by atoms with E-state index in [9.17, 15) is 14.3 Å². The Morgan fingerprint density at radius 2 is 1.89 bits per heavy atom.